The van der Waals surface area contributed by atoms with E-state index >= 15 is 0 Å². The van der Waals surface area contributed by atoms with Crippen molar-refractivity contribution >= 4 is 49.2 Å². The SMILES string of the molecule is C=C.C=CC(OC)C1O[C@@H](C2CCCC2)C[C@H]1O.CC.CC.C[Se][Ba]. The molecule has 0 aromatic heterocycles. The van der Waals surface area contributed by atoms with Gasteiger partial charge in [-0.1, -0.05) is 46.6 Å². The molecule has 147 valence electrons. The first-order chi connectivity index (χ1) is 12.2. The van der Waals surface area contributed by atoms with Crippen LogP contribution in [0.25, 0.3) is 0 Å². The Morgan fingerprint density at radius 1 is 1.20 bits per heavy atom. The van der Waals surface area contributed by atoms with Crippen LogP contribution in [0.5, 0.6) is 0 Å². The summed E-state index contributed by atoms with van der Waals surface area (Å²) >= 11 is 1.13. The van der Waals surface area contributed by atoms with Gasteiger partial charge in [-0.15, -0.1) is 19.7 Å². The summed E-state index contributed by atoms with van der Waals surface area (Å²) in [6, 6.07) is 0. The third-order valence-electron chi connectivity index (χ3n) is 3.94. The zero-order valence-corrected chi connectivity index (χ0v) is 23.7. The van der Waals surface area contributed by atoms with Crippen LogP contribution in [0, 0.1) is 5.92 Å². The van der Waals surface area contributed by atoms with E-state index in [1.807, 2.05) is 27.7 Å². The van der Waals surface area contributed by atoms with Crippen LogP contribution in [-0.4, -0.2) is 85.9 Å². The van der Waals surface area contributed by atoms with Gasteiger partial charge in [-0.2, -0.15) is 0 Å². The van der Waals surface area contributed by atoms with Crippen molar-refractivity contribution in [1.82, 2.24) is 0 Å². The van der Waals surface area contributed by atoms with Crippen LogP contribution >= 0.6 is 0 Å². The van der Waals surface area contributed by atoms with E-state index in [1.54, 1.807) is 13.2 Å². The summed E-state index contributed by atoms with van der Waals surface area (Å²) in [5.74, 6) is 2.91. The Morgan fingerprint density at radius 2 is 1.64 bits per heavy atom. The van der Waals surface area contributed by atoms with E-state index in [0.29, 0.717) is 5.92 Å². The summed E-state index contributed by atoms with van der Waals surface area (Å²) in [7, 11) is 1.63. The Labute approximate surface area is 190 Å². The normalized spacial score (nSPS) is 25.4. The molecule has 1 N–H and O–H groups in total. The van der Waals surface area contributed by atoms with E-state index in [2.05, 4.69) is 25.6 Å². The van der Waals surface area contributed by atoms with Gasteiger partial charge in [0.05, 0.1) is 12.2 Å². The van der Waals surface area contributed by atoms with Crippen LogP contribution in [0.3, 0.4) is 0 Å². The molecule has 1 radical (unpaired) electrons. The number of ether oxygens (including phenoxy) is 2. The average molecular weight is 546 g/mol. The summed E-state index contributed by atoms with van der Waals surface area (Å²) in [5, 5.41) is 10.00. The molecule has 0 aromatic rings. The quantitative estimate of drug-likeness (QED) is 0.416. The average Bonchev–Trinajstić information content (AvgIpc) is 3.32. The molecule has 1 heterocycles. The van der Waals surface area contributed by atoms with E-state index < -0.39 is 6.10 Å². The summed E-state index contributed by atoms with van der Waals surface area (Å²) in [4.78, 5) is 0. The fourth-order valence-corrected chi connectivity index (χ4v) is 3.01. The molecule has 2 aliphatic rings. The summed E-state index contributed by atoms with van der Waals surface area (Å²) < 4.78 is 11.2. The number of methoxy groups -OCH3 is 1. The maximum absolute atomic E-state index is 10.00. The molecular weight excluding hydrogens is 505 g/mol. The molecule has 2 unspecified atom stereocenters. The fourth-order valence-electron chi connectivity index (χ4n) is 3.01. The van der Waals surface area contributed by atoms with Crippen LogP contribution in [0.2, 0.25) is 5.82 Å². The van der Waals surface area contributed by atoms with Crippen LogP contribution in [-0.2, 0) is 9.47 Å². The molecule has 5 heteroatoms. The van der Waals surface area contributed by atoms with E-state index in [-0.39, 0.29) is 18.3 Å². The standard InChI is InChI=1S/C13H22O3.2C2H6.C2H4.CH4Se.Ba/c1-3-11(15-2)13-10(14)8-12(16-13)9-6-4-5-7-9;4*1-2;/h3,9-14H,1,4-8H2,2H3;2*1-2H3;1-2H2;2H,1H3;/q;;;;;+1/p-1/t10-,11?,12-,13?;;;;;/m1...../s1. The van der Waals surface area contributed by atoms with Gasteiger partial charge >= 0.3 is 55.1 Å². The van der Waals surface area contributed by atoms with Gasteiger partial charge in [-0.25, -0.2) is 0 Å². The van der Waals surface area contributed by atoms with Crippen LogP contribution < -0.4 is 0 Å². The van der Waals surface area contributed by atoms with Crippen molar-refractivity contribution in [2.45, 2.75) is 90.0 Å². The van der Waals surface area contributed by atoms with Gasteiger partial charge in [-0.3, -0.25) is 0 Å². The Balaban J connectivity index is -0.000000464. The number of aliphatic hydroxyl groups is 1. The third kappa shape index (κ3) is 13.3. The summed E-state index contributed by atoms with van der Waals surface area (Å²) in [6.07, 6.45) is 8.03. The van der Waals surface area contributed by atoms with Gasteiger partial charge in [0.15, 0.2) is 0 Å². The van der Waals surface area contributed by atoms with Crippen LogP contribution in [0.15, 0.2) is 25.8 Å². The van der Waals surface area contributed by atoms with Crippen molar-refractivity contribution in [2.75, 3.05) is 7.11 Å². The van der Waals surface area contributed by atoms with Gasteiger partial charge < -0.3 is 14.6 Å². The predicted molar refractivity (Wildman–Crippen MR) is 114 cm³/mol. The topological polar surface area (TPSA) is 38.7 Å². The molecule has 1 aliphatic carbocycles. The second kappa shape index (κ2) is 23.5. The van der Waals surface area contributed by atoms with Crippen molar-refractivity contribution in [3.05, 3.63) is 25.8 Å². The monoisotopic (exact) mass is 547 g/mol. The van der Waals surface area contributed by atoms with Crippen molar-refractivity contribution < 1.29 is 14.6 Å². The zero-order chi connectivity index (χ0) is 20.3. The van der Waals surface area contributed by atoms with E-state index in [4.69, 9.17) is 9.47 Å². The molecule has 2 rings (SSSR count). The minimum absolute atomic E-state index is 0.193. The van der Waals surface area contributed by atoms with E-state index in [1.165, 1.54) is 25.7 Å². The molecular formula is C20H41BaO3Se. The van der Waals surface area contributed by atoms with Gasteiger partial charge in [0.2, 0.25) is 0 Å². The number of hydrogen-bond acceptors (Lipinski definition) is 3. The Bertz CT molecular complexity index is 274. The Hall–Kier alpha value is 1.45. The van der Waals surface area contributed by atoms with Gasteiger partial charge in [0, 0.05) is 13.5 Å². The first-order valence-corrected chi connectivity index (χ1v) is 21.8. The van der Waals surface area contributed by atoms with Gasteiger partial charge in [0.25, 0.3) is 0 Å². The van der Waals surface area contributed by atoms with Crippen LogP contribution in [0.1, 0.15) is 59.8 Å². The fraction of sp³-hybridized carbons (Fsp3) is 0.800. The molecule has 0 spiro atoms. The number of hydrogen-bond donors (Lipinski definition) is 1. The zero-order valence-electron chi connectivity index (χ0n) is 17.5. The molecule has 3 nitrogen and oxygen atoms in total. The molecule has 2 fully saturated rings. The summed E-state index contributed by atoms with van der Waals surface area (Å²) in [5.41, 5.74) is 0. The minimum atomic E-state index is -0.409. The van der Waals surface area contributed by atoms with E-state index in [9.17, 15) is 5.11 Å². The van der Waals surface area contributed by atoms with Crippen molar-refractivity contribution in [3.8, 4) is 0 Å². The number of aliphatic hydroxyl groups excluding tert-OH is 1. The second-order valence-corrected chi connectivity index (χ2v) is 15.8. The molecule has 1 saturated heterocycles. The first-order valence-electron chi connectivity index (χ1n) is 9.45. The Morgan fingerprint density at radius 3 is 2.00 bits per heavy atom. The number of rotatable bonds is 4. The molecule has 0 amide bonds. The molecule has 0 bridgehead atoms. The molecule has 4 atom stereocenters. The first kappa shape index (κ1) is 31.2. The van der Waals surface area contributed by atoms with Gasteiger partial charge in [-0.05, 0) is 18.8 Å². The molecule has 1 aliphatic heterocycles. The molecule has 25 heavy (non-hydrogen) atoms. The van der Waals surface area contributed by atoms with Crippen molar-refractivity contribution in [1.29, 1.82) is 0 Å². The van der Waals surface area contributed by atoms with Crippen LogP contribution in [0.4, 0.5) is 0 Å². The Kier molecular flexibility index (Phi) is 29.3. The summed E-state index contributed by atoms with van der Waals surface area (Å²) in [6.45, 7) is 17.7. The predicted octanol–water partition coefficient (Wildman–Crippen LogP) is 4.57. The molecule has 0 aromatic carbocycles. The second-order valence-electron chi connectivity index (χ2n) is 5.21. The van der Waals surface area contributed by atoms with Crippen molar-refractivity contribution in [3.63, 3.8) is 0 Å². The van der Waals surface area contributed by atoms with E-state index in [0.717, 1.165) is 55.7 Å². The van der Waals surface area contributed by atoms with Gasteiger partial charge in [0.1, 0.15) is 12.2 Å². The molecule has 1 saturated carbocycles. The third-order valence-corrected chi connectivity index (χ3v) is 3.94. The maximum atomic E-state index is 10.00. The van der Waals surface area contributed by atoms with Crippen molar-refractivity contribution in [2.24, 2.45) is 5.92 Å².